The van der Waals surface area contributed by atoms with Crippen LogP contribution in [0.4, 0.5) is 10.1 Å². The van der Waals surface area contributed by atoms with Crippen LogP contribution < -0.4 is 16.0 Å². The lowest BCUT2D eigenvalue weighted by Gasteiger charge is -2.12. The zero-order chi connectivity index (χ0) is 19.8. The second-order valence-electron chi connectivity index (χ2n) is 6.33. The average molecular weight is 509 g/mol. The predicted octanol–water partition coefficient (Wildman–Crippen LogP) is 3.59. The van der Waals surface area contributed by atoms with Crippen molar-refractivity contribution in [3.63, 3.8) is 0 Å². The number of hydrogen-bond donors (Lipinski definition) is 3. The van der Waals surface area contributed by atoms with Gasteiger partial charge in [-0.15, -0.1) is 24.0 Å². The number of anilines is 1. The van der Waals surface area contributed by atoms with Gasteiger partial charge in [-0.2, -0.15) is 0 Å². The highest BCUT2D eigenvalue weighted by Gasteiger charge is 2.05. The van der Waals surface area contributed by atoms with Gasteiger partial charge in [-0.05, 0) is 48.2 Å². The van der Waals surface area contributed by atoms with Crippen molar-refractivity contribution in [3.8, 4) is 0 Å². The summed E-state index contributed by atoms with van der Waals surface area (Å²) in [6.07, 6.45) is 3.01. The van der Waals surface area contributed by atoms with Gasteiger partial charge in [0.25, 0.3) is 0 Å². The number of benzene rings is 2. The molecule has 3 N–H and O–H groups in total. The quantitative estimate of drug-likeness (QED) is 0.197. The third-order valence-electron chi connectivity index (χ3n) is 4.32. The minimum Gasteiger partial charge on any atom is -0.356 e. The van der Waals surface area contributed by atoms with Gasteiger partial charge in [0.05, 0.1) is 6.54 Å². The zero-order valence-corrected chi connectivity index (χ0v) is 18.5. The Labute approximate surface area is 186 Å². The first-order chi connectivity index (χ1) is 13.7. The lowest BCUT2D eigenvalue weighted by atomic mass is 10.2. The standard InChI is InChI=1S/C21H24FN5O.HI/c1-23-21(25-15-20(28)26-18-9-7-17(22)8-10-18)24-12-4-13-27-14-11-16-5-2-3-6-19(16)27;/h2-3,5-11,14H,4,12-13,15H2,1H3,(H,26,28)(H2,23,24,25);1H. The van der Waals surface area contributed by atoms with Gasteiger partial charge in [0.1, 0.15) is 5.82 Å². The van der Waals surface area contributed by atoms with Gasteiger partial charge >= 0.3 is 0 Å². The zero-order valence-electron chi connectivity index (χ0n) is 16.2. The molecule has 0 bridgehead atoms. The monoisotopic (exact) mass is 509 g/mol. The number of aromatic nitrogens is 1. The molecule has 0 saturated heterocycles. The number of hydrogen-bond acceptors (Lipinski definition) is 2. The average Bonchev–Trinajstić information content (AvgIpc) is 3.12. The van der Waals surface area contributed by atoms with Gasteiger partial charge in [0, 0.05) is 37.5 Å². The number of rotatable bonds is 7. The van der Waals surface area contributed by atoms with Crippen molar-refractivity contribution in [1.82, 2.24) is 15.2 Å². The smallest absolute Gasteiger partial charge is 0.243 e. The number of aryl methyl sites for hydroxylation is 1. The lowest BCUT2D eigenvalue weighted by Crippen LogP contribution is -2.41. The molecular formula is C21H25FIN5O. The van der Waals surface area contributed by atoms with Crippen LogP contribution in [0.2, 0.25) is 0 Å². The number of para-hydroxylation sites is 1. The topological polar surface area (TPSA) is 70.5 Å². The number of nitrogens with zero attached hydrogens (tertiary/aromatic N) is 2. The van der Waals surface area contributed by atoms with Crippen LogP contribution in [-0.4, -0.2) is 36.6 Å². The molecule has 29 heavy (non-hydrogen) atoms. The Balaban J connectivity index is 0.00000300. The maximum absolute atomic E-state index is 12.9. The van der Waals surface area contributed by atoms with Crippen LogP contribution >= 0.6 is 24.0 Å². The fraction of sp³-hybridized carbons (Fsp3) is 0.238. The molecule has 0 atom stereocenters. The molecule has 2 aromatic carbocycles. The number of guanidine groups is 1. The molecular weight excluding hydrogens is 484 g/mol. The summed E-state index contributed by atoms with van der Waals surface area (Å²) in [6.45, 7) is 1.69. The maximum atomic E-state index is 12.9. The van der Waals surface area contributed by atoms with E-state index >= 15 is 0 Å². The van der Waals surface area contributed by atoms with E-state index in [-0.39, 0.29) is 42.2 Å². The predicted molar refractivity (Wildman–Crippen MR) is 126 cm³/mol. The van der Waals surface area contributed by atoms with E-state index in [2.05, 4.69) is 49.9 Å². The molecule has 0 fully saturated rings. The van der Waals surface area contributed by atoms with E-state index in [0.717, 1.165) is 19.5 Å². The fourth-order valence-corrected chi connectivity index (χ4v) is 2.91. The van der Waals surface area contributed by atoms with Crippen molar-refractivity contribution in [2.45, 2.75) is 13.0 Å². The Morgan fingerprint density at radius 3 is 2.59 bits per heavy atom. The van der Waals surface area contributed by atoms with Crippen LogP contribution in [0, 0.1) is 5.82 Å². The molecule has 1 amide bonds. The molecule has 0 aliphatic carbocycles. The Kier molecular flexibility index (Phi) is 8.91. The first kappa shape index (κ1) is 22.7. The van der Waals surface area contributed by atoms with Gasteiger partial charge in [-0.3, -0.25) is 9.79 Å². The number of carbonyl (C=O) groups excluding carboxylic acids is 1. The van der Waals surface area contributed by atoms with Crippen LogP contribution in [0.5, 0.6) is 0 Å². The van der Waals surface area contributed by atoms with Crippen molar-refractivity contribution in [1.29, 1.82) is 0 Å². The Morgan fingerprint density at radius 1 is 1.07 bits per heavy atom. The molecule has 3 aromatic rings. The molecule has 154 valence electrons. The summed E-state index contributed by atoms with van der Waals surface area (Å²) in [4.78, 5) is 16.1. The van der Waals surface area contributed by atoms with E-state index in [4.69, 9.17) is 0 Å². The summed E-state index contributed by atoms with van der Waals surface area (Å²) in [6, 6.07) is 16.1. The van der Waals surface area contributed by atoms with Gasteiger partial charge in [0.2, 0.25) is 5.91 Å². The Bertz CT molecular complexity index is 955. The van der Waals surface area contributed by atoms with Gasteiger partial charge in [-0.25, -0.2) is 4.39 Å². The van der Waals surface area contributed by atoms with Crippen molar-refractivity contribution in [3.05, 3.63) is 66.6 Å². The third kappa shape index (κ3) is 6.74. The second kappa shape index (κ2) is 11.4. The third-order valence-corrected chi connectivity index (χ3v) is 4.32. The number of halogens is 2. The molecule has 1 heterocycles. The summed E-state index contributed by atoms with van der Waals surface area (Å²) in [5.41, 5.74) is 1.78. The molecule has 0 aliphatic heterocycles. The molecule has 0 saturated carbocycles. The number of amides is 1. The van der Waals surface area contributed by atoms with E-state index < -0.39 is 0 Å². The normalized spacial score (nSPS) is 11.0. The lowest BCUT2D eigenvalue weighted by molar-refractivity contribution is -0.115. The van der Waals surface area contributed by atoms with E-state index in [1.807, 2.05) is 12.1 Å². The van der Waals surface area contributed by atoms with Crippen molar-refractivity contribution < 1.29 is 9.18 Å². The van der Waals surface area contributed by atoms with E-state index in [9.17, 15) is 9.18 Å². The largest absolute Gasteiger partial charge is 0.356 e. The highest BCUT2D eigenvalue weighted by molar-refractivity contribution is 14.0. The van der Waals surface area contributed by atoms with Crippen LogP contribution in [0.3, 0.4) is 0 Å². The first-order valence-corrected chi connectivity index (χ1v) is 9.19. The summed E-state index contributed by atoms with van der Waals surface area (Å²) < 4.78 is 15.1. The fourth-order valence-electron chi connectivity index (χ4n) is 2.91. The molecule has 1 aromatic heterocycles. The maximum Gasteiger partial charge on any atom is 0.243 e. The minimum absolute atomic E-state index is 0. The molecule has 6 nitrogen and oxygen atoms in total. The summed E-state index contributed by atoms with van der Waals surface area (Å²) in [5, 5.41) is 10.1. The first-order valence-electron chi connectivity index (χ1n) is 9.19. The molecule has 0 aliphatic rings. The summed E-state index contributed by atoms with van der Waals surface area (Å²) in [5.74, 6) is -0.00590. The van der Waals surface area contributed by atoms with Gasteiger partial charge in [-0.1, -0.05) is 18.2 Å². The number of aliphatic imine (C=N–C) groups is 1. The van der Waals surface area contributed by atoms with Crippen LogP contribution in [0.15, 0.2) is 65.8 Å². The summed E-state index contributed by atoms with van der Waals surface area (Å²) in [7, 11) is 1.66. The van der Waals surface area contributed by atoms with Crippen LogP contribution in [0.25, 0.3) is 10.9 Å². The minimum atomic E-state index is -0.339. The Hall–Kier alpha value is -2.62. The molecule has 0 unspecified atom stereocenters. The number of nitrogens with one attached hydrogen (secondary N) is 3. The van der Waals surface area contributed by atoms with Crippen molar-refractivity contribution >= 4 is 52.4 Å². The molecule has 0 radical (unpaired) electrons. The number of carbonyl (C=O) groups is 1. The highest BCUT2D eigenvalue weighted by atomic mass is 127. The second-order valence-corrected chi connectivity index (χ2v) is 6.33. The SMILES string of the molecule is CN=C(NCCCn1ccc2ccccc21)NCC(=O)Nc1ccc(F)cc1.I. The van der Waals surface area contributed by atoms with Gasteiger partial charge < -0.3 is 20.5 Å². The van der Waals surface area contributed by atoms with E-state index in [1.54, 1.807) is 7.05 Å². The summed E-state index contributed by atoms with van der Waals surface area (Å²) >= 11 is 0. The molecule has 3 rings (SSSR count). The van der Waals surface area contributed by atoms with Crippen molar-refractivity contribution in [2.24, 2.45) is 4.99 Å². The van der Waals surface area contributed by atoms with Gasteiger partial charge in [0.15, 0.2) is 5.96 Å². The number of fused-ring (bicyclic) bond motifs is 1. The van der Waals surface area contributed by atoms with Crippen molar-refractivity contribution in [2.75, 3.05) is 25.5 Å². The molecule has 0 spiro atoms. The van der Waals surface area contributed by atoms with Crippen LogP contribution in [-0.2, 0) is 11.3 Å². The highest BCUT2D eigenvalue weighted by Crippen LogP contribution is 2.15. The Morgan fingerprint density at radius 2 is 1.83 bits per heavy atom. The van der Waals surface area contributed by atoms with Crippen LogP contribution in [0.1, 0.15) is 6.42 Å². The molecule has 8 heteroatoms. The van der Waals surface area contributed by atoms with E-state index in [1.165, 1.54) is 35.2 Å². The van der Waals surface area contributed by atoms with E-state index in [0.29, 0.717) is 11.6 Å².